The number of aliphatic hydroxyl groups excluding tert-OH is 10. The number of carbonyl (C=O) groups is 3. The lowest BCUT2D eigenvalue weighted by Gasteiger charge is -2.49. The predicted molar refractivity (Wildman–Crippen MR) is 365 cm³/mol. The lowest BCUT2D eigenvalue weighted by Crippen LogP contribution is -2.69. The standard InChI is InChI=1S/C72H135O24P/c1-4-7-10-13-16-19-22-25-26-27-28-30-33-36-39-42-45-48-58(76)91-53(50-88-56(74)46-43-40-37-35-32-29-23-20-17-14-11-8-5-2)51-90-97(86,87)96-70-68(94-71-66(84)61(79)59(77)54(49-73)92-71)64(82)63(81)65(83)69(70)95-72-67(85)62(80)60(78)55(93-72)52-89-57(75)47-44-41-38-34-31-24-21-18-15-12-9-6-3/h53-55,59-73,77-85H,4-52H2,1-3H3,(H,86,87). The van der Waals surface area contributed by atoms with Crippen LogP contribution in [0.5, 0.6) is 0 Å². The number of unbranched alkanes of at least 4 members (excludes halogenated alkanes) is 39. The summed E-state index contributed by atoms with van der Waals surface area (Å²) in [4.78, 5) is 51.0. The van der Waals surface area contributed by atoms with E-state index in [-0.39, 0.29) is 19.3 Å². The van der Waals surface area contributed by atoms with Gasteiger partial charge < -0.3 is 89.1 Å². The maximum atomic E-state index is 14.3. The summed E-state index contributed by atoms with van der Waals surface area (Å²) in [5.74, 6) is -1.97. The molecule has 24 nitrogen and oxygen atoms in total. The van der Waals surface area contributed by atoms with Crippen molar-refractivity contribution in [2.45, 2.75) is 414 Å². The van der Waals surface area contributed by atoms with Crippen molar-refractivity contribution in [1.82, 2.24) is 0 Å². The minimum atomic E-state index is -5.69. The number of hydrogen-bond donors (Lipinski definition) is 11. The highest BCUT2D eigenvalue weighted by atomic mass is 31.2. The summed E-state index contributed by atoms with van der Waals surface area (Å²) in [6.07, 6.45) is 11.7. The Hall–Kier alpha value is -2.04. The summed E-state index contributed by atoms with van der Waals surface area (Å²) in [5, 5.41) is 110. The Labute approximate surface area is 580 Å². The lowest BCUT2D eigenvalue weighted by molar-refractivity contribution is -0.360. The van der Waals surface area contributed by atoms with Gasteiger partial charge in [-0.05, 0) is 19.3 Å². The number of phosphoric ester groups is 1. The molecule has 0 aromatic carbocycles. The van der Waals surface area contributed by atoms with Crippen LogP contribution in [0.25, 0.3) is 0 Å². The maximum absolute atomic E-state index is 14.3. The van der Waals surface area contributed by atoms with Crippen molar-refractivity contribution >= 4 is 25.7 Å². The van der Waals surface area contributed by atoms with Crippen LogP contribution in [-0.4, -0.2) is 204 Å². The van der Waals surface area contributed by atoms with Gasteiger partial charge in [-0.15, -0.1) is 0 Å². The third-order valence-corrected chi connectivity index (χ3v) is 20.1. The van der Waals surface area contributed by atoms with Gasteiger partial charge in [-0.1, -0.05) is 271 Å². The van der Waals surface area contributed by atoms with Gasteiger partial charge in [-0.2, -0.15) is 0 Å². The minimum Gasteiger partial charge on any atom is -0.463 e. The molecule has 0 radical (unpaired) electrons. The zero-order chi connectivity index (χ0) is 71.1. The average molecular weight is 1420 g/mol. The fourth-order valence-electron chi connectivity index (χ4n) is 12.9. The van der Waals surface area contributed by atoms with E-state index >= 15 is 0 Å². The van der Waals surface area contributed by atoms with Crippen molar-refractivity contribution in [1.29, 1.82) is 0 Å². The Balaban J connectivity index is 1.73. The van der Waals surface area contributed by atoms with Gasteiger partial charge >= 0.3 is 25.7 Å². The monoisotopic (exact) mass is 1410 g/mol. The highest BCUT2D eigenvalue weighted by molar-refractivity contribution is 7.47. The largest absolute Gasteiger partial charge is 0.472 e. The van der Waals surface area contributed by atoms with Crippen LogP contribution in [0, 0.1) is 0 Å². The minimum absolute atomic E-state index is 0.0327. The molecule has 3 rings (SSSR count). The van der Waals surface area contributed by atoms with E-state index in [1.807, 2.05) is 0 Å². The Morgan fingerprint density at radius 3 is 1.01 bits per heavy atom. The topological polar surface area (TPSA) is 374 Å². The summed E-state index contributed by atoms with van der Waals surface area (Å²) in [6, 6.07) is 0. The van der Waals surface area contributed by atoms with Crippen molar-refractivity contribution in [3.8, 4) is 0 Å². The first-order chi connectivity index (χ1) is 46.8. The van der Waals surface area contributed by atoms with Crippen LogP contribution >= 0.6 is 7.82 Å². The second kappa shape index (κ2) is 54.6. The molecular weight excluding hydrogens is 1280 g/mol. The highest BCUT2D eigenvalue weighted by Gasteiger charge is 2.58. The first kappa shape index (κ1) is 89.2. The molecule has 0 aromatic heterocycles. The number of carbonyl (C=O) groups excluding carboxylic acids is 3. The average Bonchev–Trinajstić information content (AvgIpc) is 0.764. The van der Waals surface area contributed by atoms with Crippen LogP contribution in [-0.2, 0) is 61.2 Å². The number of ether oxygens (including phenoxy) is 7. The quantitative estimate of drug-likeness (QED) is 0.0117. The molecule has 0 aromatic rings. The van der Waals surface area contributed by atoms with Crippen LogP contribution in [0.4, 0.5) is 0 Å². The van der Waals surface area contributed by atoms with Crippen molar-refractivity contribution in [3.05, 3.63) is 0 Å². The van der Waals surface area contributed by atoms with E-state index in [1.54, 1.807) is 0 Å². The van der Waals surface area contributed by atoms with Gasteiger partial charge in [0.2, 0.25) is 0 Å². The van der Waals surface area contributed by atoms with Gasteiger partial charge in [-0.25, -0.2) is 4.57 Å². The first-order valence-electron chi connectivity index (χ1n) is 38.3. The summed E-state index contributed by atoms with van der Waals surface area (Å²) in [7, 11) is -5.69. The third-order valence-electron chi connectivity index (χ3n) is 19.1. The molecule has 3 fully saturated rings. The van der Waals surface area contributed by atoms with Gasteiger partial charge in [0.15, 0.2) is 18.7 Å². The number of phosphoric acid groups is 1. The Kier molecular flexibility index (Phi) is 50.2. The number of rotatable bonds is 60. The zero-order valence-corrected chi connectivity index (χ0v) is 60.5. The normalized spacial score (nSPS) is 27.7. The van der Waals surface area contributed by atoms with Crippen molar-refractivity contribution in [2.75, 3.05) is 26.4 Å². The predicted octanol–water partition coefficient (Wildman–Crippen LogP) is 10.6. The van der Waals surface area contributed by atoms with E-state index < -0.39 is 156 Å². The third kappa shape index (κ3) is 37.8. The molecule has 97 heavy (non-hydrogen) atoms. The molecule has 2 saturated heterocycles. The van der Waals surface area contributed by atoms with Crippen LogP contribution < -0.4 is 0 Å². The molecule has 0 bridgehead atoms. The van der Waals surface area contributed by atoms with E-state index in [0.29, 0.717) is 19.3 Å². The van der Waals surface area contributed by atoms with E-state index in [1.165, 1.54) is 161 Å². The van der Waals surface area contributed by atoms with Gasteiger partial charge in [0, 0.05) is 19.3 Å². The molecule has 2 heterocycles. The Morgan fingerprint density at radius 1 is 0.361 bits per heavy atom. The Morgan fingerprint density at radius 2 is 0.660 bits per heavy atom. The summed E-state index contributed by atoms with van der Waals surface area (Å²) in [5.41, 5.74) is 0. The second-order valence-corrected chi connectivity index (χ2v) is 29.1. The second-order valence-electron chi connectivity index (χ2n) is 27.7. The molecule has 2 aliphatic heterocycles. The number of aliphatic hydroxyl groups is 10. The van der Waals surface area contributed by atoms with E-state index in [0.717, 1.165) is 89.9 Å². The van der Waals surface area contributed by atoms with Gasteiger partial charge in [0.1, 0.15) is 98.7 Å². The Bertz CT molecular complexity index is 2010. The number of hydrogen-bond acceptors (Lipinski definition) is 23. The summed E-state index contributed by atoms with van der Waals surface area (Å²) < 4.78 is 65.0. The molecule has 0 amide bonds. The van der Waals surface area contributed by atoms with Crippen LogP contribution in [0.2, 0.25) is 0 Å². The fraction of sp³-hybridized carbons (Fsp3) is 0.958. The van der Waals surface area contributed by atoms with Gasteiger partial charge in [-0.3, -0.25) is 23.4 Å². The molecule has 572 valence electrons. The summed E-state index contributed by atoms with van der Waals surface area (Å²) >= 11 is 0. The lowest BCUT2D eigenvalue weighted by atomic mass is 9.84. The van der Waals surface area contributed by atoms with Crippen LogP contribution in [0.3, 0.4) is 0 Å². The van der Waals surface area contributed by atoms with Crippen LogP contribution in [0.15, 0.2) is 0 Å². The number of esters is 3. The molecule has 1 aliphatic carbocycles. The molecule has 3 aliphatic rings. The van der Waals surface area contributed by atoms with Crippen molar-refractivity contribution in [3.63, 3.8) is 0 Å². The maximum Gasteiger partial charge on any atom is 0.472 e. The molecule has 18 atom stereocenters. The van der Waals surface area contributed by atoms with Gasteiger partial charge in [0.25, 0.3) is 0 Å². The van der Waals surface area contributed by atoms with Crippen molar-refractivity contribution < 1.29 is 117 Å². The zero-order valence-electron chi connectivity index (χ0n) is 59.6. The van der Waals surface area contributed by atoms with Crippen molar-refractivity contribution in [2.24, 2.45) is 0 Å². The SMILES string of the molecule is CCCCCCCCCCCCCCCCCCCC(=O)OC(COC(=O)CCCCCCCCCCCCCCC)COP(=O)(O)OC1C(OC2OC(CO)C(O)C(O)C2O)C(O)C(O)C(O)C1OC1OC(COC(=O)CCCCCCCCCCCCCC)C(O)C(O)C1O. The molecule has 18 unspecified atom stereocenters. The van der Waals surface area contributed by atoms with Crippen LogP contribution in [0.1, 0.15) is 310 Å². The summed E-state index contributed by atoms with van der Waals surface area (Å²) in [6.45, 7) is 3.47. The smallest absolute Gasteiger partial charge is 0.463 e. The molecule has 11 N–H and O–H groups in total. The van der Waals surface area contributed by atoms with E-state index in [4.69, 9.17) is 42.2 Å². The first-order valence-corrected chi connectivity index (χ1v) is 39.8. The van der Waals surface area contributed by atoms with Gasteiger partial charge in [0.05, 0.1) is 13.2 Å². The molecule has 25 heteroatoms. The van der Waals surface area contributed by atoms with E-state index in [9.17, 15) is 74.9 Å². The highest BCUT2D eigenvalue weighted by Crippen LogP contribution is 2.49. The molecule has 0 spiro atoms. The van der Waals surface area contributed by atoms with E-state index in [2.05, 4.69) is 20.8 Å². The molecule has 1 saturated carbocycles. The molecular formula is C72H135O24P. The fourth-order valence-corrected chi connectivity index (χ4v) is 13.8.